The minimum atomic E-state index is 0.0435. The Morgan fingerprint density at radius 1 is 0.844 bits per heavy atom. The summed E-state index contributed by atoms with van der Waals surface area (Å²) in [6.07, 6.45) is 3.15. The summed E-state index contributed by atoms with van der Waals surface area (Å²) in [5, 5.41) is 7.00. The lowest BCUT2D eigenvalue weighted by molar-refractivity contribution is -0.111. The number of aryl methyl sites for hydroxylation is 2. The summed E-state index contributed by atoms with van der Waals surface area (Å²) in [5.74, 6) is 0.0435. The molecule has 0 aliphatic heterocycles. The molecule has 32 heavy (non-hydrogen) atoms. The zero-order valence-electron chi connectivity index (χ0n) is 20.3. The van der Waals surface area contributed by atoms with Gasteiger partial charge in [-0.25, -0.2) is 0 Å². The summed E-state index contributed by atoms with van der Waals surface area (Å²) >= 11 is 0. The van der Waals surface area contributed by atoms with Gasteiger partial charge in [0, 0.05) is 12.7 Å². The Morgan fingerprint density at radius 2 is 1.34 bits per heavy atom. The van der Waals surface area contributed by atoms with Gasteiger partial charge in [0.05, 0.1) is 0 Å². The van der Waals surface area contributed by atoms with Gasteiger partial charge in [-0.2, -0.15) is 0 Å². The third-order valence-corrected chi connectivity index (χ3v) is 4.84. The molecule has 2 nitrogen and oxygen atoms in total. The van der Waals surface area contributed by atoms with Crippen molar-refractivity contribution in [3.8, 4) is 11.1 Å². The smallest absolute Gasteiger partial charge is 0.160 e. The summed E-state index contributed by atoms with van der Waals surface area (Å²) in [6.45, 7) is 14.2. The number of allylic oxidation sites excluding steroid dienone is 3. The van der Waals surface area contributed by atoms with Crippen molar-refractivity contribution in [1.82, 2.24) is 0 Å². The third-order valence-electron chi connectivity index (χ3n) is 4.84. The molecule has 3 aromatic rings. The van der Waals surface area contributed by atoms with E-state index in [1.165, 1.54) is 23.1 Å². The van der Waals surface area contributed by atoms with Crippen LogP contribution in [0.2, 0.25) is 0 Å². The fourth-order valence-corrected chi connectivity index (χ4v) is 3.26. The van der Waals surface area contributed by atoms with Crippen molar-refractivity contribution in [1.29, 1.82) is 0 Å². The number of aliphatic hydroxyl groups is 1. The van der Waals surface area contributed by atoms with Crippen molar-refractivity contribution in [2.24, 2.45) is 0 Å². The number of aliphatic hydroxyl groups excluding tert-OH is 1. The first-order chi connectivity index (χ1) is 15.4. The topological polar surface area (TPSA) is 37.3 Å². The van der Waals surface area contributed by atoms with E-state index in [0.717, 1.165) is 29.4 Å². The minimum absolute atomic E-state index is 0.0435. The standard InChI is InChI=1S/C26H24O.C3H8.CH4O/c1-18-9-5-7-11-24(18)23-15-13-22(14-16-23)20(3)17-26(21(4)27)25-12-8-6-10-19(25)2;1-3-2;1-2/h5-17H,3H2,1-2,4H3;3H2,1-2H3;2H,1H3/b26-17-;;. The van der Waals surface area contributed by atoms with Crippen LogP contribution in [0.5, 0.6) is 0 Å². The molecule has 0 fully saturated rings. The van der Waals surface area contributed by atoms with Gasteiger partial charge in [0.1, 0.15) is 0 Å². The lowest BCUT2D eigenvalue weighted by atomic mass is 9.93. The second-order valence-corrected chi connectivity index (χ2v) is 7.55. The van der Waals surface area contributed by atoms with Crippen LogP contribution in [0.15, 0.2) is 85.5 Å². The molecule has 0 aliphatic rings. The zero-order chi connectivity index (χ0) is 24.1. The van der Waals surface area contributed by atoms with Gasteiger partial charge in [-0.15, -0.1) is 0 Å². The van der Waals surface area contributed by atoms with Crippen LogP contribution in [0.25, 0.3) is 22.3 Å². The minimum Gasteiger partial charge on any atom is -0.400 e. The predicted octanol–water partition coefficient (Wildman–Crippen LogP) is 7.68. The van der Waals surface area contributed by atoms with Crippen LogP contribution in [0.3, 0.4) is 0 Å². The molecule has 0 amide bonds. The maximum atomic E-state index is 12.2. The Morgan fingerprint density at radius 3 is 1.84 bits per heavy atom. The number of hydrogen-bond acceptors (Lipinski definition) is 2. The molecule has 0 radical (unpaired) electrons. The maximum Gasteiger partial charge on any atom is 0.160 e. The molecule has 0 spiro atoms. The highest BCUT2D eigenvalue weighted by Gasteiger charge is 2.11. The summed E-state index contributed by atoms with van der Waals surface area (Å²) in [4.78, 5) is 12.2. The highest BCUT2D eigenvalue weighted by atomic mass is 16.2. The van der Waals surface area contributed by atoms with Crippen molar-refractivity contribution in [3.63, 3.8) is 0 Å². The van der Waals surface area contributed by atoms with Crippen molar-refractivity contribution in [2.45, 2.75) is 41.0 Å². The zero-order valence-corrected chi connectivity index (χ0v) is 20.3. The number of hydrogen-bond donors (Lipinski definition) is 1. The lowest BCUT2D eigenvalue weighted by Crippen LogP contribution is -1.99. The van der Waals surface area contributed by atoms with Gasteiger partial charge in [-0.3, -0.25) is 4.79 Å². The van der Waals surface area contributed by atoms with Gasteiger partial charge in [0.25, 0.3) is 0 Å². The largest absolute Gasteiger partial charge is 0.400 e. The number of carbonyl (C=O) groups excluding carboxylic acids is 1. The number of rotatable bonds is 5. The van der Waals surface area contributed by atoms with E-state index in [1.54, 1.807) is 6.92 Å². The normalized spacial score (nSPS) is 10.3. The first-order valence-electron chi connectivity index (χ1n) is 11.0. The Kier molecular flexibility index (Phi) is 11.7. The molecule has 0 atom stereocenters. The second kappa shape index (κ2) is 14.0. The van der Waals surface area contributed by atoms with Crippen LogP contribution in [0.1, 0.15) is 49.4 Å². The molecule has 0 aromatic heterocycles. The van der Waals surface area contributed by atoms with E-state index in [2.05, 4.69) is 75.9 Å². The molecule has 0 bridgehead atoms. The second-order valence-electron chi connectivity index (χ2n) is 7.55. The molecule has 2 heteroatoms. The van der Waals surface area contributed by atoms with Crippen LogP contribution in [-0.4, -0.2) is 18.0 Å². The summed E-state index contributed by atoms with van der Waals surface area (Å²) in [6, 6.07) is 24.6. The molecular weight excluding hydrogens is 392 g/mol. The monoisotopic (exact) mass is 428 g/mol. The van der Waals surface area contributed by atoms with Crippen molar-refractivity contribution in [2.75, 3.05) is 7.11 Å². The number of carbonyl (C=O) groups is 1. The Bertz CT molecular complexity index is 1040. The van der Waals surface area contributed by atoms with Crippen molar-refractivity contribution >= 4 is 16.9 Å². The fourth-order valence-electron chi connectivity index (χ4n) is 3.26. The van der Waals surface area contributed by atoms with Gasteiger partial charge in [-0.05, 0) is 65.8 Å². The molecular formula is C30H36O2. The lowest BCUT2D eigenvalue weighted by Gasteiger charge is -2.10. The molecule has 0 unspecified atom stereocenters. The first-order valence-corrected chi connectivity index (χ1v) is 11.0. The van der Waals surface area contributed by atoms with Gasteiger partial charge >= 0.3 is 0 Å². The molecule has 0 saturated carbocycles. The number of Topliss-reactive ketones (excluding diaryl/α,β-unsaturated/α-hetero) is 1. The van der Waals surface area contributed by atoms with E-state index in [1.807, 2.05) is 37.3 Å². The molecule has 1 N–H and O–H groups in total. The maximum absolute atomic E-state index is 12.2. The Balaban J connectivity index is 0.000000944. The van der Waals surface area contributed by atoms with E-state index >= 15 is 0 Å². The van der Waals surface area contributed by atoms with Gasteiger partial charge in [0.15, 0.2) is 5.78 Å². The fraction of sp³-hybridized carbons (Fsp3) is 0.233. The SMILES string of the molecule is C=C(/C=C(/C(C)=O)c1ccccc1C)c1ccc(-c2ccccc2C)cc1.CCC.CO. The summed E-state index contributed by atoms with van der Waals surface area (Å²) < 4.78 is 0. The molecule has 168 valence electrons. The molecule has 0 saturated heterocycles. The summed E-state index contributed by atoms with van der Waals surface area (Å²) in [5.41, 5.74) is 8.25. The quantitative estimate of drug-likeness (QED) is 0.334. The predicted molar refractivity (Wildman–Crippen MR) is 140 cm³/mol. The van der Waals surface area contributed by atoms with Gasteiger partial charge in [-0.1, -0.05) is 99.6 Å². The van der Waals surface area contributed by atoms with Crippen LogP contribution >= 0.6 is 0 Å². The van der Waals surface area contributed by atoms with E-state index < -0.39 is 0 Å². The highest BCUT2D eigenvalue weighted by Crippen LogP contribution is 2.27. The van der Waals surface area contributed by atoms with Gasteiger partial charge < -0.3 is 5.11 Å². The van der Waals surface area contributed by atoms with Crippen LogP contribution < -0.4 is 0 Å². The molecule has 0 aliphatic carbocycles. The number of ketones is 1. The first kappa shape index (κ1) is 26.8. The average molecular weight is 429 g/mol. The van der Waals surface area contributed by atoms with E-state index in [0.29, 0.717) is 5.57 Å². The van der Waals surface area contributed by atoms with Gasteiger partial charge in [0.2, 0.25) is 0 Å². The molecule has 3 rings (SSSR count). The number of benzene rings is 3. The molecule has 3 aromatic carbocycles. The van der Waals surface area contributed by atoms with Crippen LogP contribution in [-0.2, 0) is 4.79 Å². The average Bonchev–Trinajstić information content (AvgIpc) is 2.80. The van der Waals surface area contributed by atoms with Crippen molar-refractivity contribution < 1.29 is 9.90 Å². The van der Waals surface area contributed by atoms with Crippen LogP contribution in [0, 0.1) is 13.8 Å². The summed E-state index contributed by atoms with van der Waals surface area (Å²) in [7, 11) is 1.00. The van der Waals surface area contributed by atoms with E-state index in [9.17, 15) is 4.79 Å². The Hall–Kier alpha value is -3.23. The molecule has 0 heterocycles. The van der Waals surface area contributed by atoms with Crippen LogP contribution in [0.4, 0.5) is 0 Å². The third kappa shape index (κ3) is 7.47. The Labute approximate surface area is 194 Å². The van der Waals surface area contributed by atoms with E-state index in [4.69, 9.17) is 5.11 Å². The van der Waals surface area contributed by atoms with E-state index in [-0.39, 0.29) is 5.78 Å². The highest BCUT2D eigenvalue weighted by molar-refractivity contribution is 6.21. The van der Waals surface area contributed by atoms with Crippen molar-refractivity contribution in [3.05, 3.63) is 108 Å².